The topological polar surface area (TPSA) is 64.6 Å². The quantitative estimate of drug-likeness (QED) is 0.615. The Labute approximate surface area is 124 Å². The first-order valence-electron chi connectivity index (χ1n) is 6.77. The average Bonchev–Trinajstić information content (AvgIpc) is 2.54. The molecule has 0 aliphatic carbocycles. The second-order valence-corrected chi connectivity index (χ2v) is 4.35. The lowest BCUT2D eigenvalue weighted by atomic mass is 10.1. The summed E-state index contributed by atoms with van der Waals surface area (Å²) in [4.78, 5) is 23.3. The molecule has 1 aromatic carbocycles. The van der Waals surface area contributed by atoms with Crippen molar-refractivity contribution in [2.75, 3.05) is 20.8 Å². The molecule has 0 bridgehead atoms. The molecule has 1 atom stereocenters. The number of carbonyl (C=O) groups excluding carboxylic acids is 2. The predicted octanol–water partition coefficient (Wildman–Crippen LogP) is 2.00. The highest BCUT2D eigenvalue weighted by Gasteiger charge is 2.20. The molecule has 0 aliphatic rings. The fraction of sp³-hybridized carbons (Fsp3) is 0.375. The van der Waals surface area contributed by atoms with E-state index in [2.05, 4.69) is 10.1 Å². The summed E-state index contributed by atoms with van der Waals surface area (Å²) in [6.07, 6.45) is 2.30. The van der Waals surface area contributed by atoms with Crippen molar-refractivity contribution >= 4 is 11.9 Å². The van der Waals surface area contributed by atoms with Gasteiger partial charge in [0, 0.05) is 12.1 Å². The number of nitrogens with one attached hydrogen (secondary N) is 1. The Morgan fingerprint density at radius 2 is 1.86 bits per heavy atom. The van der Waals surface area contributed by atoms with Gasteiger partial charge in [-0.15, -0.1) is 0 Å². The molecule has 21 heavy (non-hydrogen) atoms. The molecule has 0 radical (unpaired) electrons. The minimum Gasteiger partial charge on any atom is -0.468 e. The molecule has 0 fully saturated rings. The Kier molecular flexibility index (Phi) is 7.18. The number of ether oxygens (including phenoxy) is 2. The third kappa shape index (κ3) is 5.04. The van der Waals surface area contributed by atoms with Crippen LogP contribution in [0.5, 0.6) is 0 Å². The molecule has 1 rings (SSSR count). The van der Waals surface area contributed by atoms with E-state index < -0.39 is 6.04 Å². The van der Waals surface area contributed by atoms with Gasteiger partial charge in [0.1, 0.15) is 6.04 Å². The van der Waals surface area contributed by atoms with Gasteiger partial charge in [-0.25, -0.2) is 9.59 Å². The fourth-order valence-electron chi connectivity index (χ4n) is 1.90. The molecule has 0 saturated carbocycles. The second-order valence-electron chi connectivity index (χ2n) is 4.35. The smallest absolute Gasteiger partial charge is 0.333 e. The van der Waals surface area contributed by atoms with Crippen LogP contribution >= 0.6 is 0 Å². The molecule has 1 N–H and O–H groups in total. The van der Waals surface area contributed by atoms with E-state index in [-0.39, 0.29) is 11.9 Å². The van der Waals surface area contributed by atoms with Crippen LogP contribution < -0.4 is 5.32 Å². The molecule has 114 valence electrons. The van der Waals surface area contributed by atoms with E-state index in [0.717, 1.165) is 5.56 Å². The Hall–Kier alpha value is -2.14. The molecule has 0 aromatic heterocycles. The lowest BCUT2D eigenvalue weighted by Crippen LogP contribution is -2.30. The summed E-state index contributed by atoms with van der Waals surface area (Å²) < 4.78 is 9.49. The van der Waals surface area contributed by atoms with Gasteiger partial charge in [0.25, 0.3) is 0 Å². The summed E-state index contributed by atoms with van der Waals surface area (Å²) >= 11 is 0. The van der Waals surface area contributed by atoms with Crippen LogP contribution in [0.3, 0.4) is 0 Å². The van der Waals surface area contributed by atoms with E-state index in [4.69, 9.17) is 4.74 Å². The van der Waals surface area contributed by atoms with Crippen LogP contribution in [-0.4, -0.2) is 32.7 Å². The van der Waals surface area contributed by atoms with Crippen molar-refractivity contribution in [2.24, 2.45) is 0 Å². The van der Waals surface area contributed by atoms with Gasteiger partial charge in [-0.05, 0) is 12.0 Å². The van der Waals surface area contributed by atoms with Crippen LogP contribution in [0.15, 0.2) is 42.0 Å². The number of carbonyl (C=O) groups is 2. The highest BCUT2D eigenvalue weighted by molar-refractivity contribution is 5.88. The third-order valence-corrected chi connectivity index (χ3v) is 3.07. The van der Waals surface area contributed by atoms with Crippen LogP contribution in [0.4, 0.5) is 0 Å². The normalized spacial score (nSPS) is 12.6. The summed E-state index contributed by atoms with van der Waals surface area (Å²) in [6.45, 7) is 2.24. The monoisotopic (exact) mass is 291 g/mol. The van der Waals surface area contributed by atoms with E-state index in [1.54, 1.807) is 6.08 Å². The summed E-state index contributed by atoms with van der Waals surface area (Å²) in [5.74, 6) is -0.723. The van der Waals surface area contributed by atoms with E-state index in [1.165, 1.54) is 14.2 Å². The van der Waals surface area contributed by atoms with Crippen LogP contribution in [0.25, 0.3) is 0 Å². The van der Waals surface area contributed by atoms with Crippen molar-refractivity contribution in [3.8, 4) is 0 Å². The minimum absolute atomic E-state index is 0.353. The van der Waals surface area contributed by atoms with Gasteiger partial charge in [-0.1, -0.05) is 43.3 Å². The fourth-order valence-corrected chi connectivity index (χ4v) is 1.90. The predicted molar refractivity (Wildman–Crippen MR) is 79.6 cm³/mol. The molecule has 1 unspecified atom stereocenters. The van der Waals surface area contributed by atoms with Crippen molar-refractivity contribution in [1.29, 1.82) is 0 Å². The van der Waals surface area contributed by atoms with Gasteiger partial charge in [0.15, 0.2) is 0 Å². The summed E-state index contributed by atoms with van der Waals surface area (Å²) in [5.41, 5.74) is 1.38. The van der Waals surface area contributed by atoms with Crippen molar-refractivity contribution in [1.82, 2.24) is 5.32 Å². The highest BCUT2D eigenvalue weighted by Crippen LogP contribution is 2.14. The SMILES string of the molecule is CC/C(=C/CNC(C(=O)OC)c1ccccc1)C(=O)OC. The molecule has 5 heteroatoms. The number of hydrogen-bond acceptors (Lipinski definition) is 5. The number of rotatable bonds is 7. The first-order valence-corrected chi connectivity index (χ1v) is 6.77. The maximum absolute atomic E-state index is 11.9. The zero-order valence-electron chi connectivity index (χ0n) is 12.6. The summed E-state index contributed by atoms with van der Waals surface area (Å²) in [5, 5.41) is 3.07. The lowest BCUT2D eigenvalue weighted by Gasteiger charge is -2.16. The van der Waals surface area contributed by atoms with Gasteiger partial charge in [-0.3, -0.25) is 5.32 Å². The van der Waals surface area contributed by atoms with Gasteiger partial charge >= 0.3 is 11.9 Å². The Bertz CT molecular complexity index is 496. The zero-order valence-corrected chi connectivity index (χ0v) is 12.6. The number of benzene rings is 1. The maximum Gasteiger partial charge on any atom is 0.333 e. The first-order chi connectivity index (χ1) is 10.1. The molecule has 0 spiro atoms. The molecular weight excluding hydrogens is 270 g/mol. The molecule has 5 nitrogen and oxygen atoms in total. The molecule has 0 aliphatic heterocycles. The van der Waals surface area contributed by atoms with E-state index in [1.807, 2.05) is 37.3 Å². The molecule has 1 aromatic rings. The summed E-state index contributed by atoms with van der Waals surface area (Å²) in [7, 11) is 2.70. The minimum atomic E-state index is -0.566. The van der Waals surface area contributed by atoms with Gasteiger partial charge in [0.2, 0.25) is 0 Å². The second kappa shape index (κ2) is 8.92. The Morgan fingerprint density at radius 1 is 1.19 bits per heavy atom. The highest BCUT2D eigenvalue weighted by atomic mass is 16.5. The van der Waals surface area contributed by atoms with Crippen molar-refractivity contribution in [2.45, 2.75) is 19.4 Å². The standard InChI is InChI=1S/C16H21NO4/c1-4-12(15(18)20-2)10-11-17-14(16(19)21-3)13-8-6-5-7-9-13/h5-10,14,17H,4,11H2,1-3H3/b12-10-. The van der Waals surface area contributed by atoms with E-state index in [9.17, 15) is 9.59 Å². The number of esters is 2. The summed E-state index contributed by atoms with van der Waals surface area (Å²) in [6, 6.07) is 8.72. The van der Waals surface area contributed by atoms with E-state index >= 15 is 0 Å². The van der Waals surface area contributed by atoms with Crippen LogP contribution in [0.1, 0.15) is 24.9 Å². The molecular formula is C16H21NO4. The van der Waals surface area contributed by atoms with E-state index in [0.29, 0.717) is 18.5 Å². The Morgan fingerprint density at radius 3 is 2.38 bits per heavy atom. The van der Waals surface area contributed by atoms with Gasteiger partial charge in [0.05, 0.1) is 14.2 Å². The molecule has 0 saturated heterocycles. The first kappa shape index (κ1) is 16.9. The lowest BCUT2D eigenvalue weighted by molar-refractivity contribution is -0.143. The molecule has 0 amide bonds. The number of methoxy groups -OCH3 is 2. The van der Waals surface area contributed by atoms with Crippen LogP contribution in [-0.2, 0) is 19.1 Å². The zero-order chi connectivity index (χ0) is 15.7. The van der Waals surface area contributed by atoms with Gasteiger partial charge in [-0.2, -0.15) is 0 Å². The number of hydrogen-bond donors (Lipinski definition) is 1. The maximum atomic E-state index is 11.9. The third-order valence-electron chi connectivity index (χ3n) is 3.07. The van der Waals surface area contributed by atoms with Crippen molar-refractivity contribution in [3.63, 3.8) is 0 Å². The van der Waals surface area contributed by atoms with Crippen molar-refractivity contribution < 1.29 is 19.1 Å². The Balaban J connectivity index is 2.77. The van der Waals surface area contributed by atoms with Crippen LogP contribution in [0, 0.1) is 0 Å². The van der Waals surface area contributed by atoms with Crippen LogP contribution in [0.2, 0.25) is 0 Å². The largest absolute Gasteiger partial charge is 0.468 e. The average molecular weight is 291 g/mol. The van der Waals surface area contributed by atoms with Gasteiger partial charge < -0.3 is 9.47 Å². The molecule has 0 heterocycles. The van der Waals surface area contributed by atoms with Crippen molar-refractivity contribution in [3.05, 3.63) is 47.5 Å².